The fourth-order valence-electron chi connectivity index (χ4n) is 1.97. The van der Waals surface area contributed by atoms with Crippen LogP contribution in [0.1, 0.15) is 37.8 Å². The maximum absolute atomic E-state index is 5.06. The number of furan rings is 1. The zero-order valence-electron chi connectivity index (χ0n) is 11.6. The van der Waals surface area contributed by atoms with E-state index in [1.54, 1.807) is 18.9 Å². The normalized spacial score (nSPS) is 10.7. The Balaban J connectivity index is 2.20. The molecule has 2 aromatic rings. The lowest BCUT2D eigenvalue weighted by atomic mass is 10.0. The van der Waals surface area contributed by atoms with Crippen LogP contribution in [0.4, 0.5) is 11.6 Å². The number of nitrogens with zero attached hydrogens (tertiary/aromatic N) is 2. The predicted molar refractivity (Wildman–Crippen MR) is 76.3 cm³/mol. The van der Waals surface area contributed by atoms with Crippen molar-refractivity contribution in [3.8, 4) is 0 Å². The number of aromatic nitrogens is 2. The predicted octanol–water partition coefficient (Wildman–Crippen LogP) is 3.24. The molecule has 5 heteroatoms. The van der Waals surface area contributed by atoms with Crippen LogP contribution in [0.3, 0.4) is 0 Å². The Morgan fingerprint density at radius 2 is 1.95 bits per heavy atom. The molecule has 0 aliphatic rings. The highest BCUT2D eigenvalue weighted by molar-refractivity contribution is 5.59. The molecule has 2 rings (SSSR count). The summed E-state index contributed by atoms with van der Waals surface area (Å²) in [4.78, 5) is 8.66. The summed E-state index contributed by atoms with van der Waals surface area (Å²) in [6.07, 6.45) is 4.99. The minimum absolute atomic E-state index is 0.349. The van der Waals surface area contributed by atoms with E-state index in [-0.39, 0.29) is 0 Å². The van der Waals surface area contributed by atoms with Crippen molar-refractivity contribution in [2.24, 2.45) is 0 Å². The van der Waals surface area contributed by atoms with Gasteiger partial charge in [-0.05, 0) is 18.9 Å². The quantitative estimate of drug-likeness (QED) is 0.834. The van der Waals surface area contributed by atoms with Gasteiger partial charge in [0.05, 0.1) is 12.5 Å². The summed E-state index contributed by atoms with van der Waals surface area (Å²) in [5.41, 5.74) is 2.21. The van der Waals surface area contributed by atoms with Gasteiger partial charge in [0.2, 0.25) is 0 Å². The molecule has 2 N–H and O–H groups in total. The van der Waals surface area contributed by atoms with Crippen LogP contribution in [-0.2, 0) is 6.54 Å². The van der Waals surface area contributed by atoms with E-state index in [2.05, 4.69) is 41.4 Å². The van der Waals surface area contributed by atoms with Crippen LogP contribution in [0.5, 0.6) is 0 Å². The summed E-state index contributed by atoms with van der Waals surface area (Å²) in [6.45, 7) is 7.88. The topological polar surface area (TPSA) is 63.0 Å². The maximum atomic E-state index is 5.06. The van der Waals surface area contributed by atoms with E-state index in [0.29, 0.717) is 12.5 Å². The Hall–Kier alpha value is -2.04. The molecule has 2 heterocycles. The van der Waals surface area contributed by atoms with E-state index in [0.717, 1.165) is 29.3 Å². The first kappa shape index (κ1) is 13.4. The van der Waals surface area contributed by atoms with Gasteiger partial charge in [0, 0.05) is 24.2 Å². The van der Waals surface area contributed by atoms with Crippen LogP contribution in [0.15, 0.2) is 29.3 Å². The Morgan fingerprint density at radius 1 is 1.21 bits per heavy atom. The minimum Gasteiger partial charge on any atom is -0.472 e. The number of anilines is 2. The molecule has 0 fully saturated rings. The molecule has 0 bridgehead atoms. The molecule has 0 amide bonds. The average molecular weight is 260 g/mol. The van der Waals surface area contributed by atoms with Gasteiger partial charge < -0.3 is 15.1 Å². The molecule has 0 aliphatic heterocycles. The first-order chi connectivity index (χ1) is 9.22. The zero-order valence-corrected chi connectivity index (χ0v) is 11.6. The second-order valence-electron chi connectivity index (χ2n) is 4.65. The van der Waals surface area contributed by atoms with Gasteiger partial charge in [0.25, 0.3) is 0 Å². The minimum atomic E-state index is 0.349. The summed E-state index contributed by atoms with van der Waals surface area (Å²) >= 11 is 0. The summed E-state index contributed by atoms with van der Waals surface area (Å²) in [5, 5.41) is 6.63. The summed E-state index contributed by atoms with van der Waals surface area (Å²) in [5.74, 6) is 2.13. The lowest BCUT2D eigenvalue weighted by Gasteiger charge is -2.17. The lowest BCUT2D eigenvalue weighted by Crippen LogP contribution is -2.11. The third kappa shape index (κ3) is 3.24. The summed E-state index contributed by atoms with van der Waals surface area (Å²) in [7, 11) is 0. The highest BCUT2D eigenvalue weighted by Crippen LogP contribution is 2.28. The molecule has 102 valence electrons. The van der Waals surface area contributed by atoms with Gasteiger partial charge in [0.1, 0.15) is 18.0 Å². The number of hydrogen-bond donors (Lipinski definition) is 2. The largest absolute Gasteiger partial charge is 0.472 e. The third-order valence-electron chi connectivity index (χ3n) is 2.85. The molecule has 0 aromatic carbocycles. The fourth-order valence-corrected chi connectivity index (χ4v) is 1.97. The second kappa shape index (κ2) is 6.22. The Labute approximate surface area is 113 Å². The van der Waals surface area contributed by atoms with Crippen LogP contribution < -0.4 is 10.6 Å². The second-order valence-corrected chi connectivity index (χ2v) is 4.65. The van der Waals surface area contributed by atoms with Gasteiger partial charge >= 0.3 is 0 Å². The van der Waals surface area contributed by atoms with E-state index in [9.17, 15) is 0 Å². The molecule has 2 aromatic heterocycles. The van der Waals surface area contributed by atoms with Gasteiger partial charge in [-0.25, -0.2) is 9.97 Å². The van der Waals surface area contributed by atoms with Gasteiger partial charge in [-0.2, -0.15) is 0 Å². The molecular formula is C14H20N4O. The van der Waals surface area contributed by atoms with Crippen LogP contribution in [0.25, 0.3) is 0 Å². The van der Waals surface area contributed by atoms with Crippen molar-refractivity contribution in [2.45, 2.75) is 33.2 Å². The smallest absolute Gasteiger partial charge is 0.135 e. The molecule has 0 spiro atoms. The SMILES string of the molecule is CCNc1ncnc(NCc2ccoc2)c1C(C)C. The lowest BCUT2D eigenvalue weighted by molar-refractivity contribution is 0.564. The van der Waals surface area contributed by atoms with Gasteiger partial charge in [-0.15, -0.1) is 0 Å². The van der Waals surface area contributed by atoms with Crippen molar-refractivity contribution >= 4 is 11.6 Å². The highest BCUT2D eigenvalue weighted by Gasteiger charge is 2.14. The van der Waals surface area contributed by atoms with Crippen molar-refractivity contribution in [1.29, 1.82) is 0 Å². The Bertz CT molecular complexity index is 508. The Kier molecular flexibility index (Phi) is 4.39. The van der Waals surface area contributed by atoms with Crippen molar-refractivity contribution < 1.29 is 4.42 Å². The van der Waals surface area contributed by atoms with E-state index >= 15 is 0 Å². The molecule has 0 unspecified atom stereocenters. The van der Waals surface area contributed by atoms with Crippen LogP contribution in [-0.4, -0.2) is 16.5 Å². The molecular weight excluding hydrogens is 240 g/mol. The first-order valence-electron chi connectivity index (χ1n) is 6.56. The molecule has 5 nitrogen and oxygen atoms in total. The van der Waals surface area contributed by atoms with Crippen LogP contribution >= 0.6 is 0 Å². The summed E-state index contributed by atoms with van der Waals surface area (Å²) < 4.78 is 5.06. The van der Waals surface area contributed by atoms with Crippen molar-refractivity contribution in [1.82, 2.24) is 9.97 Å². The highest BCUT2D eigenvalue weighted by atomic mass is 16.3. The van der Waals surface area contributed by atoms with Crippen molar-refractivity contribution in [3.05, 3.63) is 36.0 Å². The Morgan fingerprint density at radius 3 is 2.53 bits per heavy atom. The van der Waals surface area contributed by atoms with E-state index in [4.69, 9.17) is 4.42 Å². The van der Waals surface area contributed by atoms with Gasteiger partial charge in [-0.1, -0.05) is 13.8 Å². The van der Waals surface area contributed by atoms with Gasteiger partial charge in [-0.3, -0.25) is 0 Å². The van der Waals surface area contributed by atoms with Crippen molar-refractivity contribution in [3.63, 3.8) is 0 Å². The van der Waals surface area contributed by atoms with Crippen LogP contribution in [0.2, 0.25) is 0 Å². The van der Waals surface area contributed by atoms with Crippen molar-refractivity contribution in [2.75, 3.05) is 17.2 Å². The zero-order chi connectivity index (χ0) is 13.7. The maximum Gasteiger partial charge on any atom is 0.135 e. The molecule has 0 saturated carbocycles. The average Bonchev–Trinajstić information content (AvgIpc) is 2.89. The fraction of sp³-hybridized carbons (Fsp3) is 0.429. The van der Waals surface area contributed by atoms with E-state index < -0.39 is 0 Å². The third-order valence-corrected chi connectivity index (χ3v) is 2.85. The van der Waals surface area contributed by atoms with Gasteiger partial charge in [0.15, 0.2) is 0 Å². The number of rotatable bonds is 6. The monoisotopic (exact) mass is 260 g/mol. The number of nitrogens with one attached hydrogen (secondary N) is 2. The molecule has 0 atom stereocenters. The van der Waals surface area contributed by atoms with E-state index in [1.807, 2.05) is 6.07 Å². The first-order valence-corrected chi connectivity index (χ1v) is 6.56. The molecule has 19 heavy (non-hydrogen) atoms. The van der Waals surface area contributed by atoms with E-state index in [1.165, 1.54) is 0 Å². The van der Waals surface area contributed by atoms with Crippen LogP contribution in [0, 0.1) is 0 Å². The molecule has 0 radical (unpaired) electrons. The standard InChI is InChI=1S/C14H20N4O/c1-4-15-13-12(10(2)3)14(18-9-17-13)16-7-11-5-6-19-8-11/h5-6,8-10H,4,7H2,1-3H3,(H2,15,16,17,18). The molecule has 0 aliphatic carbocycles. The number of hydrogen-bond acceptors (Lipinski definition) is 5. The molecule has 0 saturated heterocycles. The summed E-state index contributed by atoms with van der Waals surface area (Å²) in [6, 6.07) is 1.94.